The average Bonchev–Trinajstić information content (AvgIpc) is 3.10. The van der Waals surface area contributed by atoms with E-state index in [1.54, 1.807) is 0 Å². The lowest BCUT2D eigenvalue weighted by Gasteiger charge is -2.20. The maximum Gasteiger partial charge on any atom is 0.472 e. The topological polar surface area (TPSA) is 172 Å². The van der Waals surface area contributed by atoms with Crippen LogP contribution in [0.25, 0.3) is 0 Å². The number of phosphoric ester groups is 1. The van der Waals surface area contributed by atoms with E-state index in [1.807, 2.05) is 0 Å². The van der Waals surface area contributed by atoms with Gasteiger partial charge in [0.2, 0.25) is 0 Å². The quantitative estimate of drug-likeness (QED) is 0.0249. The van der Waals surface area contributed by atoms with Crippen molar-refractivity contribution in [2.24, 2.45) is 5.73 Å². The van der Waals surface area contributed by atoms with E-state index in [2.05, 4.69) is 79.1 Å². The van der Waals surface area contributed by atoms with Crippen LogP contribution < -0.4 is 5.73 Å². The molecule has 0 radical (unpaired) electrons. The smallest absolute Gasteiger partial charge is 0.472 e. The summed E-state index contributed by atoms with van der Waals surface area (Å²) in [7, 11) is -4.71. The number of carboxylic acid groups (broad SMARTS) is 1. The molecule has 0 rings (SSSR count). The van der Waals surface area contributed by atoms with Crippen LogP contribution in [0.5, 0.6) is 0 Å². The molecule has 0 aromatic rings. The molecular formula is C39H66NO10P. The van der Waals surface area contributed by atoms with Gasteiger partial charge in [0.15, 0.2) is 6.10 Å². The first-order valence-electron chi connectivity index (χ1n) is 18.8. The summed E-state index contributed by atoms with van der Waals surface area (Å²) in [6, 6.07) is -1.53. The molecule has 51 heavy (non-hydrogen) atoms. The second kappa shape index (κ2) is 34.3. The highest BCUT2D eigenvalue weighted by Gasteiger charge is 2.28. The SMILES string of the molecule is CC/C=C/C/C=C/C/C=C/C/C=C/C/C=C/CCCCCC(=O)OC[C@@H](COP(=O)(O)OC[C@@H](N)C(=O)O)OC(=O)CCCCCCCCCC. The van der Waals surface area contributed by atoms with E-state index < -0.39 is 51.1 Å². The maximum absolute atomic E-state index is 12.5. The van der Waals surface area contributed by atoms with E-state index >= 15 is 0 Å². The zero-order chi connectivity index (χ0) is 37.8. The first-order chi connectivity index (χ1) is 24.6. The molecule has 292 valence electrons. The van der Waals surface area contributed by atoms with Crippen LogP contribution in [0.2, 0.25) is 0 Å². The van der Waals surface area contributed by atoms with Crippen LogP contribution in [0.4, 0.5) is 0 Å². The second-order valence-corrected chi connectivity index (χ2v) is 13.8. The fourth-order valence-corrected chi connectivity index (χ4v) is 5.34. The van der Waals surface area contributed by atoms with E-state index in [0.717, 1.165) is 70.6 Å². The number of hydrogen-bond acceptors (Lipinski definition) is 9. The molecule has 0 aromatic heterocycles. The molecule has 0 bridgehead atoms. The summed E-state index contributed by atoms with van der Waals surface area (Å²) < 4.78 is 32.4. The number of hydrogen-bond donors (Lipinski definition) is 3. The molecule has 1 unspecified atom stereocenters. The Balaban J connectivity index is 4.43. The van der Waals surface area contributed by atoms with Gasteiger partial charge in [0, 0.05) is 12.8 Å². The number of unbranched alkanes of at least 4 members (excludes halogenated alkanes) is 10. The van der Waals surface area contributed by atoms with Crippen LogP contribution in [0.3, 0.4) is 0 Å². The monoisotopic (exact) mass is 739 g/mol. The molecule has 0 aliphatic heterocycles. The Morgan fingerprint density at radius 2 is 1.10 bits per heavy atom. The first-order valence-corrected chi connectivity index (χ1v) is 20.3. The summed E-state index contributed by atoms with van der Waals surface area (Å²) >= 11 is 0. The number of rotatable bonds is 34. The Kier molecular flexibility index (Phi) is 32.4. The number of phosphoric acid groups is 1. The zero-order valence-electron chi connectivity index (χ0n) is 31.2. The van der Waals surface area contributed by atoms with Crippen molar-refractivity contribution in [2.45, 2.75) is 148 Å². The van der Waals surface area contributed by atoms with Gasteiger partial charge in [0.25, 0.3) is 0 Å². The molecule has 0 fully saturated rings. The van der Waals surface area contributed by atoms with Crippen molar-refractivity contribution in [3.8, 4) is 0 Å². The van der Waals surface area contributed by atoms with E-state index in [9.17, 15) is 23.8 Å². The number of esters is 2. The van der Waals surface area contributed by atoms with Crippen LogP contribution in [0.1, 0.15) is 136 Å². The third kappa shape index (κ3) is 34.1. The Bertz CT molecular complexity index is 1100. The van der Waals surface area contributed by atoms with E-state index in [1.165, 1.54) is 25.7 Å². The zero-order valence-corrected chi connectivity index (χ0v) is 32.1. The number of ether oxygens (including phenoxy) is 2. The van der Waals surface area contributed by atoms with E-state index in [0.29, 0.717) is 12.8 Å². The normalized spacial score (nSPS) is 14.6. The van der Waals surface area contributed by atoms with Crippen molar-refractivity contribution in [1.29, 1.82) is 0 Å². The molecule has 0 aromatic carbocycles. The lowest BCUT2D eigenvalue weighted by atomic mass is 10.1. The van der Waals surface area contributed by atoms with Crippen LogP contribution in [-0.2, 0) is 37.5 Å². The van der Waals surface area contributed by atoms with Gasteiger partial charge in [-0.05, 0) is 57.8 Å². The van der Waals surface area contributed by atoms with E-state index in [-0.39, 0.29) is 19.4 Å². The fourth-order valence-electron chi connectivity index (χ4n) is 4.56. The number of allylic oxidation sites excluding steroid dienone is 10. The third-order valence-electron chi connectivity index (χ3n) is 7.53. The molecule has 0 saturated carbocycles. The van der Waals surface area contributed by atoms with Crippen molar-refractivity contribution < 1.29 is 47.5 Å². The molecule has 0 aliphatic rings. The fraction of sp³-hybridized carbons (Fsp3) is 0.667. The number of carbonyl (C=O) groups is 3. The minimum absolute atomic E-state index is 0.151. The molecule has 0 amide bonds. The lowest BCUT2D eigenvalue weighted by Crippen LogP contribution is -2.34. The van der Waals surface area contributed by atoms with Crippen molar-refractivity contribution in [3.63, 3.8) is 0 Å². The van der Waals surface area contributed by atoms with Crippen molar-refractivity contribution >= 4 is 25.7 Å². The molecule has 11 nitrogen and oxygen atoms in total. The molecule has 12 heteroatoms. The predicted molar refractivity (Wildman–Crippen MR) is 203 cm³/mol. The van der Waals surface area contributed by atoms with Gasteiger partial charge >= 0.3 is 25.7 Å². The number of nitrogens with two attached hydrogens (primary N) is 1. The van der Waals surface area contributed by atoms with Crippen LogP contribution in [0.15, 0.2) is 60.8 Å². The predicted octanol–water partition coefficient (Wildman–Crippen LogP) is 9.22. The summed E-state index contributed by atoms with van der Waals surface area (Å²) in [5.41, 5.74) is 5.30. The highest BCUT2D eigenvalue weighted by Crippen LogP contribution is 2.43. The Hall–Kier alpha value is -2.82. The molecule has 3 atom stereocenters. The minimum Gasteiger partial charge on any atom is -0.480 e. The van der Waals surface area contributed by atoms with Gasteiger partial charge < -0.3 is 25.2 Å². The summed E-state index contributed by atoms with van der Waals surface area (Å²) in [6.45, 7) is 2.58. The van der Waals surface area contributed by atoms with Crippen LogP contribution in [0, 0.1) is 0 Å². The maximum atomic E-state index is 12.5. The second-order valence-electron chi connectivity index (χ2n) is 12.3. The van der Waals surface area contributed by atoms with Crippen LogP contribution in [-0.4, -0.2) is 59.9 Å². The van der Waals surface area contributed by atoms with Gasteiger partial charge in [-0.2, -0.15) is 0 Å². The molecule has 0 spiro atoms. The van der Waals surface area contributed by atoms with Gasteiger partial charge in [0.1, 0.15) is 12.6 Å². The van der Waals surface area contributed by atoms with E-state index in [4.69, 9.17) is 24.8 Å². The summed E-state index contributed by atoms with van der Waals surface area (Å²) in [5, 5.41) is 8.84. The average molecular weight is 740 g/mol. The van der Waals surface area contributed by atoms with Gasteiger partial charge in [-0.1, -0.05) is 126 Å². The third-order valence-corrected chi connectivity index (χ3v) is 8.48. The highest BCUT2D eigenvalue weighted by molar-refractivity contribution is 7.47. The minimum atomic E-state index is -4.71. The lowest BCUT2D eigenvalue weighted by molar-refractivity contribution is -0.161. The summed E-state index contributed by atoms with van der Waals surface area (Å²) in [5.74, 6) is -2.43. The molecule has 0 aliphatic carbocycles. The number of carbonyl (C=O) groups excluding carboxylic acids is 2. The molecule has 0 heterocycles. The highest BCUT2D eigenvalue weighted by atomic mass is 31.2. The number of aliphatic carboxylic acids is 1. The molecule has 0 saturated heterocycles. The van der Waals surface area contributed by atoms with Crippen LogP contribution >= 0.6 is 7.82 Å². The Morgan fingerprint density at radius 1 is 0.627 bits per heavy atom. The molecular weight excluding hydrogens is 673 g/mol. The van der Waals surface area contributed by atoms with Gasteiger partial charge in [-0.3, -0.25) is 23.4 Å². The van der Waals surface area contributed by atoms with Crippen molar-refractivity contribution in [3.05, 3.63) is 60.8 Å². The van der Waals surface area contributed by atoms with Gasteiger partial charge in [-0.15, -0.1) is 0 Å². The Labute approximate surface area is 307 Å². The summed E-state index contributed by atoms with van der Waals surface area (Å²) in [4.78, 5) is 45.6. The first kappa shape index (κ1) is 48.2. The summed E-state index contributed by atoms with van der Waals surface area (Å²) in [6.07, 6.45) is 37.4. The van der Waals surface area contributed by atoms with Gasteiger partial charge in [0.05, 0.1) is 13.2 Å². The largest absolute Gasteiger partial charge is 0.480 e. The van der Waals surface area contributed by atoms with Crippen molar-refractivity contribution in [1.82, 2.24) is 0 Å². The van der Waals surface area contributed by atoms with Gasteiger partial charge in [-0.25, -0.2) is 4.57 Å². The number of carboxylic acids is 1. The van der Waals surface area contributed by atoms with Crippen molar-refractivity contribution in [2.75, 3.05) is 19.8 Å². The standard InChI is InChI=1S/C39H66NO10P/c1-3-5-7-9-11-13-14-15-16-17-18-19-20-21-22-23-25-26-28-30-37(41)47-32-35(33-48-51(45,46)49-34-36(40)39(43)44)50-38(42)31-29-27-24-12-10-8-6-4-2/h5,7,11,13,15-16,18-19,21-22,35-36H,3-4,6,8-10,12,14,17,20,23-34,40H2,1-2H3,(H,43,44)(H,45,46)/b7-5+,13-11+,16-15+,19-18+,22-21+/t35-,36+/m0/s1. The Morgan fingerprint density at radius 3 is 1.65 bits per heavy atom. The molecule has 4 N–H and O–H groups in total.